The molecule has 2 aromatic rings. The molecule has 1 aliphatic rings. The smallest absolute Gasteiger partial charge is 0.271 e. The average molecular weight is 354 g/mol. The van der Waals surface area contributed by atoms with Crippen molar-refractivity contribution in [3.05, 3.63) is 42.4 Å². The van der Waals surface area contributed by atoms with Gasteiger partial charge in [0.25, 0.3) is 5.91 Å². The minimum atomic E-state index is -0.208. The minimum Gasteiger partial charge on any atom is -0.372 e. The van der Waals surface area contributed by atoms with Gasteiger partial charge in [0.05, 0.1) is 12.4 Å². The van der Waals surface area contributed by atoms with Crippen molar-refractivity contribution >= 4 is 23.1 Å². The van der Waals surface area contributed by atoms with Crippen molar-refractivity contribution in [2.24, 2.45) is 0 Å². The summed E-state index contributed by atoms with van der Waals surface area (Å²) in [5, 5.41) is 6.04. The summed E-state index contributed by atoms with van der Waals surface area (Å²) >= 11 is 0. The van der Waals surface area contributed by atoms with Crippen LogP contribution in [0.2, 0.25) is 0 Å². The highest BCUT2D eigenvalue weighted by molar-refractivity contribution is 5.92. The number of nitrogens with one attached hydrogen (secondary N) is 2. The fourth-order valence-electron chi connectivity index (χ4n) is 2.87. The maximum atomic E-state index is 12.0. The molecule has 0 aliphatic carbocycles. The number of carbonyl (C=O) groups is 1. The number of anilines is 3. The molecule has 0 spiro atoms. The number of hydrogen-bond donors (Lipinski definition) is 2. The van der Waals surface area contributed by atoms with Crippen molar-refractivity contribution in [3.8, 4) is 0 Å². The summed E-state index contributed by atoms with van der Waals surface area (Å²) in [5.41, 5.74) is 2.52. The molecule has 1 aromatic carbocycles. The third-order valence-electron chi connectivity index (χ3n) is 4.34. The lowest BCUT2D eigenvalue weighted by Crippen LogP contribution is -2.31. The molecule has 2 heterocycles. The summed E-state index contributed by atoms with van der Waals surface area (Å²) < 4.78 is 0. The molecule has 0 saturated carbocycles. The molecule has 7 heteroatoms. The summed E-state index contributed by atoms with van der Waals surface area (Å²) in [5.74, 6) is 0.407. The predicted molar refractivity (Wildman–Crippen MR) is 104 cm³/mol. The highest BCUT2D eigenvalue weighted by Gasteiger charge is 2.12. The van der Waals surface area contributed by atoms with E-state index in [1.54, 1.807) is 6.20 Å². The molecule has 1 amide bonds. The monoisotopic (exact) mass is 354 g/mol. The molecule has 2 N–H and O–H groups in total. The Kier molecular flexibility index (Phi) is 6.01. The maximum absolute atomic E-state index is 12.0. The van der Waals surface area contributed by atoms with E-state index in [9.17, 15) is 4.79 Å². The van der Waals surface area contributed by atoms with Gasteiger partial charge in [-0.05, 0) is 51.2 Å². The number of hydrogen-bond acceptors (Lipinski definition) is 6. The van der Waals surface area contributed by atoms with Crippen LogP contribution in [-0.4, -0.2) is 61.0 Å². The SMILES string of the molecule is CN(C)CCNC(=O)c1cnc(Nc2ccc(N3CCCC3)cc2)cn1. The topological polar surface area (TPSA) is 73.4 Å². The number of rotatable bonds is 7. The van der Waals surface area contributed by atoms with Gasteiger partial charge < -0.3 is 20.4 Å². The number of aromatic nitrogens is 2. The molecule has 1 saturated heterocycles. The summed E-state index contributed by atoms with van der Waals surface area (Å²) in [7, 11) is 3.92. The van der Waals surface area contributed by atoms with E-state index in [0.29, 0.717) is 18.1 Å². The van der Waals surface area contributed by atoms with Gasteiger partial charge in [0, 0.05) is 37.6 Å². The second-order valence-electron chi connectivity index (χ2n) is 6.71. The van der Waals surface area contributed by atoms with E-state index in [-0.39, 0.29) is 5.91 Å². The van der Waals surface area contributed by atoms with Crippen LogP contribution in [0.25, 0.3) is 0 Å². The summed E-state index contributed by atoms with van der Waals surface area (Å²) in [6.45, 7) is 3.63. The highest BCUT2D eigenvalue weighted by Crippen LogP contribution is 2.23. The number of nitrogens with zero attached hydrogens (tertiary/aromatic N) is 4. The lowest BCUT2D eigenvalue weighted by molar-refractivity contribution is 0.0945. The average Bonchev–Trinajstić information content (AvgIpc) is 3.17. The van der Waals surface area contributed by atoms with Crippen molar-refractivity contribution in [2.45, 2.75) is 12.8 Å². The Morgan fingerprint density at radius 3 is 2.46 bits per heavy atom. The number of benzene rings is 1. The zero-order valence-corrected chi connectivity index (χ0v) is 15.4. The standard InChI is InChI=1S/C19H26N6O/c1-24(2)12-9-20-19(26)17-13-22-18(14-21-17)23-15-5-7-16(8-6-15)25-10-3-4-11-25/h5-8,13-14H,3-4,9-12H2,1-2H3,(H,20,26)(H,22,23). The Bertz CT molecular complexity index is 708. The van der Waals surface area contributed by atoms with Gasteiger partial charge in [-0.1, -0.05) is 0 Å². The van der Waals surface area contributed by atoms with Crippen LogP contribution in [0.15, 0.2) is 36.7 Å². The zero-order valence-electron chi connectivity index (χ0n) is 15.4. The van der Waals surface area contributed by atoms with Crippen molar-refractivity contribution in [1.29, 1.82) is 0 Å². The highest BCUT2D eigenvalue weighted by atomic mass is 16.1. The quantitative estimate of drug-likeness (QED) is 0.793. The Hall–Kier alpha value is -2.67. The second kappa shape index (κ2) is 8.62. The van der Waals surface area contributed by atoms with E-state index in [2.05, 4.69) is 37.6 Å². The molecule has 0 bridgehead atoms. The zero-order chi connectivity index (χ0) is 18.4. The van der Waals surface area contributed by atoms with Gasteiger partial charge in [-0.25, -0.2) is 9.97 Å². The lowest BCUT2D eigenvalue weighted by atomic mass is 10.2. The normalized spacial score (nSPS) is 13.9. The molecule has 1 fully saturated rings. The maximum Gasteiger partial charge on any atom is 0.271 e. The number of carbonyl (C=O) groups excluding carboxylic acids is 1. The van der Waals surface area contributed by atoms with Crippen LogP contribution in [-0.2, 0) is 0 Å². The fourth-order valence-corrected chi connectivity index (χ4v) is 2.87. The summed E-state index contributed by atoms with van der Waals surface area (Å²) in [4.78, 5) is 24.9. The fraction of sp³-hybridized carbons (Fsp3) is 0.421. The molecule has 7 nitrogen and oxygen atoms in total. The Morgan fingerprint density at radius 2 is 1.85 bits per heavy atom. The first-order valence-electron chi connectivity index (χ1n) is 8.99. The number of amides is 1. The molecule has 0 unspecified atom stereocenters. The van der Waals surface area contributed by atoms with E-state index < -0.39 is 0 Å². The molecule has 1 aliphatic heterocycles. The number of likely N-dealkylation sites (N-methyl/N-ethyl adjacent to an activating group) is 1. The minimum absolute atomic E-state index is 0.208. The van der Waals surface area contributed by atoms with E-state index in [4.69, 9.17) is 0 Å². The van der Waals surface area contributed by atoms with Crippen LogP contribution in [0.3, 0.4) is 0 Å². The van der Waals surface area contributed by atoms with E-state index in [1.165, 1.54) is 24.7 Å². The largest absolute Gasteiger partial charge is 0.372 e. The van der Waals surface area contributed by atoms with Gasteiger partial charge in [0.1, 0.15) is 11.5 Å². The lowest BCUT2D eigenvalue weighted by Gasteiger charge is -2.17. The van der Waals surface area contributed by atoms with Crippen LogP contribution in [0, 0.1) is 0 Å². The third kappa shape index (κ3) is 4.92. The molecule has 0 radical (unpaired) electrons. The van der Waals surface area contributed by atoms with Crippen molar-refractivity contribution in [1.82, 2.24) is 20.2 Å². The van der Waals surface area contributed by atoms with E-state index in [1.807, 2.05) is 31.1 Å². The van der Waals surface area contributed by atoms with Gasteiger partial charge in [-0.15, -0.1) is 0 Å². The van der Waals surface area contributed by atoms with Gasteiger partial charge in [0.2, 0.25) is 0 Å². The van der Waals surface area contributed by atoms with Crippen LogP contribution in [0.4, 0.5) is 17.2 Å². The molecular formula is C19H26N6O. The van der Waals surface area contributed by atoms with Crippen molar-refractivity contribution in [3.63, 3.8) is 0 Å². The van der Waals surface area contributed by atoms with E-state index >= 15 is 0 Å². The Balaban J connectivity index is 1.54. The first-order valence-corrected chi connectivity index (χ1v) is 8.99. The van der Waals surface area contributed by atoms with Gasteiger partial charge in [0.15, 0.2) is 0 Å². The van der Waals surface area contributed by atoms with Gasteiger partial charge in [-0.3, -0.25) is 4.79 Å². The Morgan fingerprint density at radius 1 is 1.12 bits per heavy atom. The first-order chi connectivity index (χ1) is 12.6. The second-order valence-corrected chi connectivity index (χ2v) is 6.71. The third-order valence-corrected chi connectivity index (χ3v) is 4.34. The molecule has 0 atom stereocenters. The van der Waals surface area contributed by atoms with Crippen LogP contribution >= 0.6 is 0 Å². The molecule has 138 valence electrons. The van der Waals surface area contributed by atoms with Crippen molar-refractivity contribution < 1.29 is 4.79 Å². The van der Waals surface area contributed by atoms with Crippen LogP contribution in [0.1, 0.15) is 23.3 Å². The van der Waals surface area contributed by atoms with E-state index in [0.717, 1.165) is 25.3 Å². The van der Waals surface area contributed by atoms with Crippen LogP contribution < -0.4 is 15.5 Å². The van der Waals surface area contributed by atoms with Gasteiger partial charge >= 0.3 is 0 Å². The predicted octanol–water partition coefficient (Wildman–Crippen LogP) is 2.11. The van der Waals surface area contributed by atoms with Crippen LogP contribution in [0.5, 0.6) is 0 Å². The summed E-state index contributed by atoms with van der Waals surface area (Å²) in [6, 6.07) is 8.32. The molecular weight excluding hydrogens is 328 g/mol. The van der Waals surface area contributed by atoms with Crippen molar-refractivity contribution in [2.75, 3.05) is 50.5 Å². The molecule has 26 heavy (non-hydrogen) atoms. The first kappa shape index (κ1) is 18.1. The molecule has 1 aromatic heterocycles. The van der Waals surface area contributed by atoms with Gasteiger partial charge in [-0.2, -0.15) is 0 Å². The Labute approximate surface area is 154 Å². The summed E-state index contributed by atoms with van der Waals surface area (Å²) in [6.07, 6.45) is 5.61. The molecule has 3 rings (SSSR count).